The fourth-order valence-corrected chi connectivity index (χ4v) is 0.739. The lowest BCUT2D eigenvalue weighted by atomic mass is 10.4. The summed E-state index contributed by atoms with van der Waals surface area (Å²) in [4.78, 5) is 13.8. The normalized spacial score (nSPS) is 10.1. The van der Waals surface area contributed by atoms with Gasteiger partial charge in [0.1, 0.15) is 6.61 Å². The summed E-state index contributed by atoms with van der Waals surface area (Å²) in [5.41, 5.74) is 0. The van der Waals surface area contributed by atoms with Crippen molar-refractivity contribution in [2.24, 2.45) is 0 Å². The highest BCUT2D eigenvalue weighted by molar-refractivity contribution is 4.33. The fourth-order valence-electron chi connectivity index (χ4n) is 0.739. The molecule has 0 aliphatic heterocycles. The molecule has 14 heavy (non-hydrogen) atoms. The fraction of sp³-hybridized carbons (Fsp3) is 1.00. The maximum absolute atomic E-state index is 9.71. The van der Waals surface area contributed by atoms with Crippen molar-refractivity contribution in [3.8, 4) is 0 Å². The van der Waals surface area contributed by atoms with Crippen LogP contribution in [0.25, 0.3) is 0 Å². The minimum Gasteiger partial charge on any atom is -0.379 e. The molecular weight excluding hydrogens is 190 g/mol. The molecule has 0 saturated heterocycles. The molecule has 0 saturated carbocycles. The van der Waals surface area contributed by atoms with Gasteiger partial charge in [0.15, 0.2) is 0 Å². The number of hydrogen-bond acceptors (Lipinski definition) is 5. The van der Waals surface area contributed by atoms with Crippen LogP contribution in [0.15, 0.2) is 0 Å². The maximum atomic E-state index is 9.71. The molecule has 0 aromatic heterocycles. The van der Waals surface area contributed by atoms with Gasteiger partial charge < -0.3 is 14.3 Å². The molecule has 84 valence electrons. The van der Waals surface area contributed by atoms with Gasteiger partial charge in [-0.25, -0.2) is 0 Å². The smallest absolute Gasteiger partial charge is 0.294 e. The molecule has 0 bridgehead atoms. The summed E-state index contributed by atoms with van der Waals surface area (Å²) in [6.45, 7) is 4.00. The zero-order valence-electron chi connectivity index (χ0n) is 8.44. The Hall–Kier alpha value is -0.880. The van der Waals surface area contributed by atoms with Crippen molar-refractivity contribution in [3.05, 3.63) is 10.1 Å². The minimum absolute atomic E-state index is 0.0258. The van der Waals surface area contributed by atoms with Gasteiger partial charge in [0.25, 0.3) is 5.09 Å². The summed E-state index contributed by atoms with van der Waals surface area (Å²) in [7, 11) is 0. The highest BCUT2D eigenvalue weighted by Crippen LogP contribution is 1.87. The van der Waals surface area contributed by atoms with Crippen molar-refractivity contribution >= 4 is 0 Å². The molecule has 0 unspecified atom stereocenters. The van der Waals surface area contributed by atoms with Crippen LogP contribution in [0.4, 0.5) is 0 Å². The first-order valence-electron chi connectivity index (χ1n) is 4.70. The number of unbranched alkanes of at least 4 members (excludes halogenated alkanes) is 1. The van der Waals surface area contributed by atoms with Crippen molar-refractivity contribution in [1.29, 1.82) is 0 Å². The van der Waals surface area contributed by atoms with E-state index < -0.39 is 5.09 Å². The largest absolute Gasteiger partial charge is 0.379 e. The zero-order valence-corrected chi connectivity index (χ0v) is 8.44. The lowest BCUT2D eigenvalue weighted by Gasteiger charge is -2.04. The second-order valence-electron chi connectivity index (χ2n) is 2.64. The zero-order chi connectivity index (χ0) is 10.6. The Morgan fingerprint density at radius 3 is 2.21 bits per heavy atom. The van der Waals surface area contributed by atoms with E-state index in [2.05, 4.69) is 11.8 Å². The molecule has 0 N–H and O–H groups in total. The summed E-state index contributed by atoms with van der Waals surface area (Å²) >= 11 is 0. The first-order chi connectivity index (χ1) is 6.77. The van der Waals surface area contributed by atoms with Crippen molar-refractivity contribution in [3.63, 3.8) is 0 Å². The molecule has 0 rings (SSSR count). The molecule has 0 aliphatic rings. The summed E-state index contributed by atoms with van der Waals surface area (Å²) in [5.74, 6) is 0. The number of ether oxygens (including phenoxy) is 2. The summed E-state index contributed by atoms with van der Waals surface area (Å²) < 4.78 is 10.2. The molecule has 0 spiro atoms. The lowest BCUT2D eigenvalue weighted by Crippen LogP contribution is -2.11. The second kappa shape index (κ2) is 10.2. The molecule has 0 fully saturated rings. The molecule has 0 radical (unpaired) electrons. The Morgan fingerprint density at radius 1 is 1.07 bits per heavy atom. The molecule has 0 aromatic carbocycles. The van der Waals surface area contributed by atoms with Crippen molar-refractivity contribution in [1.82, 2.24) is 0 Å². The van der Waals surface area contributed by atoms with Crippen molar-refractivity contribution in [2.45, 2.75) is 19.8 Å². The number of rotatable bonds is 10. The van der Waals surface area contributed by atoms with E-state index >= 15 is 0 Å². The van der Waals surface area contributed by atoms with Gasteiger partial charge >= 0.3 is 0 Å². The summed E-state index contributed by atoms with van der Waals surface area (Å²) in [5, 5.41) is 8.88. The van der Waals surface area contributed by atoms with Gasteiger partial charge in [0.05, 0.1) is 19.8 Å². The highest BCUT2D eigenvalue weighted by atomic mass is 17.0. The van der Waals surface area contributed by atoms with Gasteiger partial charge in [-0.1, -0.05) is 13.3 Å². The van der Waals surface area contributed by atoms with Gasteiger partial charge in [0, 0.05) is 6.61 Å². The van der Waals surface area contributed by atoms with Crippen LogP contribution in [-0.4, -0.2) is 38.1 Å². The highest BCUT2D eigenvalue weighted by Gasteiger charge is 1.94. The van der Waals surface area contributed by atoms with E-state index in [4.69, 9.17) is 9.47 Å². The molecular formula is C8H17NO5. The summed E-state index contributed by atoms with van der Waals surface area (Å²) in [6, 6.07) is 0. The van der Waals surface area contributed by atoms with Crippen LogP contribution in [0, 0.1) is 10.1 Å². The standard InChI is InChI=1S/C8H17NO5/c1-2-3-4-12-5-6-13-7-8-14-9(10)11/h2-8H2,1H3. The predicted octanol–water partition coefficient (Wildman–Crippen LogP) is 1.03. The number of hydrogen-bond donors (Lipinski definition) is 0. The van der Waals surface area contributed by atoms with E-state index in [1.165, 1.54) is 0 Å². The Labute approximate surface area is 83.2 Å². The summed E-state index contributed by atoms with van der Waals surface area (Å²) in [6.07, 6.45) is 2.15. The Balaban J connectivity index is 2.88. The Bertz CT molecular complexity index is 142. The molecule has 0 heterocycles. The van der Waals surface area contributed by atoms with Gasteiger partial charge in [0.2, 0.25) is 0 Å². The quantitative estimate of drug-likeness (QED) is 0.304. The van der Waals surface area contributed by atoms with E-state index in [-0.39, 0.29) is 13.2 Å². The molecule has 6 heteroatoms. The van der Waals surface area contributed by atoms with Crippen LogP contribution in [0.1, 0.15) is 19.8 Å². The topological polar surface area (TPSA) is 70.8 Å². The van der Waals surface area contributed by atoms with E-state index in [1.54, 1.807) is 0 Å². The molecule has 0 amide bonds. The Kier molecular flexibility index (Phi) is 9.56. The number of nitrogens with zero attached hydrogens (tertiary/aromatic N) is 1. The lowest BCUT2D eigenvalue weighted by molar-refractivity contribution is -0.758. The van der Waals surface area contributed by atoms with E-state index in [9.17, 15) is 10.1 Å². The van der Waals surface area contributed by atoms with Crippen LogP contribution < -0.4 is 0 Å². The van der Waals surface area contributed by atoms with Crippen LogP contribution in [0.2, 0.25) is 0 Å². The van der Waals surface area contributed by atoms with Crippen LogP contribution in [0.3, 0.4) is 0 Å². The van der Waals surface area contributed by atoms with E-state index in [0.29, 0.717) is 13.2 Å². The third-order valence-electron chi connectivity index (χ3n) is 1.44. The molecule has 0 aliphatic carbocycles. The van der Waals surface area contributed by atoms with E-state index in [0.717, 1.165) is 19.4 Å². The van der Waals surface area contributed by atoms with Crippen molar-refractivity contribution in [2.75, 3.05) is 33.0 Å². The average molecular weight is 207 g/mol. The van der Waals surface area contributed by atoms with Gasteiger partial charge in [-0.05, 0) is 6.42 Å². The molecule has 6 nitrogen and oxygen atoms in total. The van der Waals surface area contributed by atoms with E-state index in [1.807, 2.05) is 0 Å². The monoisotopic (exact) mass is 207 g/mol. The molecule has 0 aromatic rings. The third-order valence-corrected chi connectivity index (χ3v) is 1.44. The predicted molar refractivity (Wildman–Crippen MR) is 49.5 cm³/mol. The van der Waals surface area contributed by atoms with Gasteiger partial charge in [-0.3, -0.25) is 0 Å². The SMILES string of the molecule is CCCCOCCOCCO[N+](=O)[O-]. The second-order valence-corrected chi connectivity index (χ2v) is 2.64. The van der Waals surface area contributed by atoms with Crippen LogP contribution >= 0.6 is 0 Å². The first-order valence-corrected chi connectivity index (χ1v) is 4.70. The maximum Gasteiger partial charge on any atom is 0.294 e. The minimum atomic E-state index is -0.832. The third kappa shape index (κ3) is 11.1. The average Bonchev–Trinajstić information content (AvgIpc) is 2.15. The molecule has 0 atom stereocenters. The van der Waals surface area contributed by atoms with Crippen LogP contribution in [-0.2, 0) is 14.3 Å². The first kappa shape index (κ1) is 13.1. The van der Waals surface area contributed by atoms with Gasteiger partial charge in [-0.15, -0.1) is 10.1 Å². The van der Waals surface area contributed by atoms with Crippen molar-refractivity contribution < 1.29 is 19.4 Å². The van der Waals surface area contributed by atoms with Gasteiger partial charge in [-0.2, -0.15) is 0 Å². The Morgan fingerprint density at radius 2 is 1.64 bits per heavy atom. The van der Waals surface area contributed by atoms with Crippen LogP contribution in [0.5, 0.6) is 0 Å².